The fraction of sp³-hybridized carbons (Fsp3) is 0.375. The molecule has 5 nitrogen and oxygen atoms in total. The first-order chi connectivity index (χ1) is 10.7. The summed E-state index contributed by atoms with van der Waals surface area (Å²) < 4.78 is 1.23. The molecule has 0 saturated heterocycles. The van der Waals surface area contributed by atoms with Gasteiger partial charge in [-0.05, 0) is 24.5 Å². The molecule has 0 unspecified atom stereocenters. The van der Waals surface area contributed by atoms with E-state index >= 15 is 0 Å². The number of aryl methyl sites for hydroxylation is 1. The SMILES string of the molecule is Cn1ncc(NCCCN2CCc3ccccc32)c(Cl)c1=O. The summed E-state index contributed by atoms with van der Waals surface area (Å²) in [4.78, 5) is 14.1. The van der Waals surface area contributed by atoms with E-state index < -0.39 is 0 Å². The minimum Gasteiger partial charge on any atom is -0.382 e. The molecule has 3 rings (SSSR count). The lowest BCUT2D eigenvalue weighted by Crippen LogP contribution is -2.24. The Balaban J connectivity index is 1.53. The number of anilines is 2. The van der Waals surface area contributed by atoms with Crippen molar-refractivity contribution < 1.29 is 0 Å². The Labute approximate surface area is 134 Å². The third-order valence-corrected chi connectivity index (χ3v) is 4.35. The molecule has 116 valence electrons. The zero-order valence-corrected chi connectivity index (χ0v) is 13.3. The third-order valence-electron chi connectivity index (χ3n) is 3.98. The number of para-hydroxylation sites is 1. The van der Waals surface area contributed by atoms with Crippen LogP contribution in [-0.4, -0.2) is 29.4 Å². The number of benzene rings is 1. The van der Waals surface area contributed by atoms with Crippen molar-refractivity contribution in [3.8, 4) is 0 Å². The number of hydrogen-bond donors (Lipinski definition) is 1. The fourth-order valence-electron chi connectivity index (χ4n) is 2.77. The van der Waals surface area contributed by atoms with Gasteiger partial charge in [0.25, 0.3) is 5.56 Å². The van der Waals surface area contributed by atoms with Gasteiger partial charge in [-0.1, -0.05) is 29.8 Å². The molecule has 2 aromatic rings. The Morgan fingerprint density at radius 2 is 2.18 bits per heavy atom. The van der Waals surface area contributed by atoms with Crippen molar-refractivity contribution in [1.82, 2.24) is 9.78 Å². The van der Waals surface area contributed by atoms with Gasteiger partial charge in [0.1, 0.15) is 5.02 Å². The normalized spacial score (nSPS) is 13.3. The van der Waals surface area contributed by atoms with Gasteiger partial charge in [0.2, 0.25) is 0 Å². The number of halogens is 1. The van der Waals surface area contributed by atoms with Crippen LogP contribution < -0.4 is 15.8 Å². The van der Waals surface area contributed by atoms with E-state index in [4.69, 9.17) is 11.6 Å². The van der Waals surface area contributed by atoms with Crippen LogP contribution in [0, 0.1) is 0 Å². The quantitative estimate of drug-likeness (QED) is 0.859. The molecule has 2 heterocycles. The summed E-state index contributed by atoms with van der Waals surface area (Å²) in [6.07, 6.45) is 3.68. The van der Waals surface area contributed by atoms with Gasteiger partial charge >= 0.3 is 0 Å². The Kier molecular flexibility index (Phi) is 4.34. The van der Waals surface area contributed by atoms with E-state index in [0.29, 0.717) is 5.69 Å². The molecular weight excluding hydrogens is 300 g/mol. The molecule has 0 saturated carbocycles. The first-order valence-electron chi connectivity index (χ1n) is 7.45. The van der Waals surface area contributed by atoms with Gasteiger partial charge in [-0.2, -0.15) is 5.10 Å². The molecule has 0 amide bonds. The summed E-state index contributed by atoms with van der Waals surface area (Å²) in [5.74, 6) is 0. The second kappa shape index (κ2) is 6.40. The minimum atomic E-state index is -0.278. The molecule has 0 radical (unpaired) electrons. The predicted octanol–water partition coefficient (Wildman–Crippen LogP) is 2.30. The van der Waals surface area contributed by atoms with Crippen LogP contribution in [0.4, 0.5) is 11.4 Å². The number of rotatable bonds is 5. The van der Waals surface area contributed by atoms with Crippen LogP contribution in [0.1, 0.15) is 12.0 Å². The first-order valence-corrected chi connectivity index (χ1v) is 7.83. The molecule has 0 aliphatic carbocycles. The molecule has 0 atom stereocenters. The van der Waals surface area contributed by atoms with Gasteiger partial charge < -0.3 is 10.2 Å². The van der Waals surface area contributed by atoms with Gasteiger partial charge in [0.15, 0.2) is 0 Å². The molecular formula is C16H19ClN4O. The van der Waals surface area contributed by atoms with Gasteiger partial charge in [-0.25, -0.2) is 4.68 Å². The van der Waals surface area contributed by atoms with Gasteiger partial charge in [0, 0.05) is 32.4 Å². The summed E-state index contributed by atoms with van der Waals surface area (Å²) in [5.41, 5.74) is 3.09. The molecule has 0 spiro atoms. The average molecular weight is 319 g/mol. The van der Waals surface area contributed by atoms with Crippen molar-refractivity contribution in [2.45, 2.75) is 12.8 Å². The Hall–Kier alpha value is -2.01. The zero-order chi connectivity index (χ0) is 15.5. The third kappa shape index (κ3) is 2.95. The smallest absolute Gasteiger partial charge is 0.287 e. The standard InChI is InChI=1S/C16H19ClN4O/c1-20-16(22)15(17)13(11-19-20)18-8-4-9-21-10-7-12-5-2-3-6-14(12)21/h2-3,5-6,11,18H,4,7-10H2,1H3. The van der Waals surface area contributed by atoms with Crippen molar-refractivity contribution in [1.29, 1.82) is 0 Å². The van der Waals surface area contributed by atoms with E-state index in [1.54, 1.807) is 13.2 Å². The van der Waals surface area contributed by atoms with Crippen molar-refractivity contribution in [3.05, 3.63) is 51.4 Å². The number of hydrogen-bond acceptors (Lipinski definition) is 4. The molecule has 1 N–H and O–H groups in total. The van der Waals surface area contributed by atoms with Crippen LogP contribution in [0.15, 0.2) is 35.3 Å². The summed E-state index contributed by atoms with van der Waals surface area (Å²) in [5, 5.41) is 7.36. The molecule has 1 aromatic heterocycles. The maximum atomic E-state index is 11.7. The second-order valence-electron chi connectivity index (χ2n) is 5.45. The number of nitrogens with zero attached hydrogens (tertiary/aromatic N) is 3. The van der Waals surface area contributed by atoms with E-state index in [-0.39, 0.29) is 10.6 Å². The van der Waals surface area contributed by atoms with E-state index in [2.05, 4.69) is 39.6 Å². The average Bonchev–Trinajstić information content (AvgIpc) is 2.94. The highest BCUT2D eigenvalue weighted by atomic mass is 35.5. The summed E-state index contributed by atoms with van der Waals surface area (Å²) in [6.45, 7) is 2.82. The Morgan fingerprint density at radius 3 is 3.05 bits per heavy atom. The second-order valence-corrected chi connectivity index (χ2v) is 5.83. The molecule has 0 bridgehead atoms. The molecule has 0 fully saturated rings. The topological polar surface area (TPSA) is 50.2 Å². The molecule has 1 aliphatic heterocycles. The van der Waals surface area contributed by atoms with Crippen molar-refractivity contribution in [2.24, 2.45) is 7.05 Å². The highest BCUT2D eigenvalue weighted by Gasteiger charge is 2.17. The summed E-state index contributed by atoms with van der Waals surface area (Å²) in [7, 11) is 1.59. The Bertz CT molecular complexity index is 728. The number of fused-ring (bicyclic) bond motifs is 1. The fourth-order valence-corrected chi connectivity index (χ4v) is 3.00. The van der Waals surface area contributed by atoms with Gasteiger partial charge in [-0.3, -0.25) is 4.79 Å². The van der Waals surface area contributed by atoms with Crippen LogP contribution in [0.5, 0.6) is 0 Å². The summed E-state index contributed by atoms with van der Waals surface area (Å²) >= 11 is 6.03. The molecule has 6 heteroatoms. The van der Waals surface area contributed by atoms with Gasteiger partial charge in [-0.15, -0.1) is 0 Å². The van der Waals surface area contributed by atoms with Crippen molar-refractivity contribution in [2.75, 3.05) is 29.9 Å². The lowest BCUT2D eigenvalue weighted by Gasteiger charge is -2.19. The molecule has 1 aromatic carbocycles. The monoisotopic (exact) mass is 318 g/mol. The van der Waals surface area contributed by atoms with Crippen molar-refractivity contribution in [3.63, 3.8) is 0 Å². The molecule has 1 aliphatic rings. The highest BCUT2D eigenvalue weighted by Crippen LogP contribution is 2.27. The van der Waals surface area contributed by atoms with Crippen LogP contribution >= 0.6 is 11.6 Å². The summed E-state index contributed by atoms with van der Waals surface area (Å²) in [6, 6.07) is 8.55. The first kappa shape index (κ1) is 14.9. The van der Waals surface area contributed by atoms with Crippen LogP contribution in [-0.2, 0) is 13.5 Å². The van der Waals surface area contributed by atoms with E-state index in [9.17, 15) is 4.79 Å². The van der Waals surface area contributed by atoms with Crippen LogP contribution in [0.2, 0.25) is 5.02 Å². The lowest BCUT2D eigenvalue weighted by atomic mass is 10.2. The van der Waals surface area contributed by atoms with E-state index in [0.717, 1.165) is 32.5 Å². The molecule has 22 heavy (non-hydrogen) atoms. The highest BCUT2D eigenvalue weighted by molar-refractivity contribution is 6.32. The maximum absolute atomic E-state index is 11.7. The zero-order valence-electron chi connectivity index (χ0n) is 12.6. The van der Waals surface area contributed by atoms with E-state index in [1.807, 2.05) is 0 Å². The van der Waals surface area contributed by atoms with Crippen molar-refractivity contribution >= 4 is 23.0 Å². The predicted molar refractivity (Wildman–Crippen MR) is 90.0 cm³/mol. The Morgan fingerprint density at radius 1 is 1.36 bits per heavy atom. The van der Waals surface area contributed by atoms with E-state index in [1.165, 1.54) is 15.9 Å². The van der Waals surface area contributed by atoms with Crippen LogP contribution in [0.25, 0.3) is 0 Å². The van der Waals surface area contributed by atoms with Gasteiger partial charge in [0.05, 0.1) is 11.9 Å². The number of nitrogens with one attached hydrogen (secondary N) is 1. The maximum Gasteiger partial charge on any atom is 0.287 e. The largest absolute Gasteiger partial charge is 0.382 e. The number of aromatic nitrogens is 2. The van der Waals surface area contributed by atoms with Crippen LogP contribution in [0.3, 0.4) is 0 Å². The minimum absolute atomic E-state index is 0.198. The lowest BCUT2D eigenvalue weighted by molar-refractivity contribution is 0.707.